The zero-order valence-electron chi connectivity index (χ0n) is 17.7. The first kappa shape index (κ1) is 20.9. The van der Waals surface area contributed by atoms with Gasteiger partial charge in [0.2, 0.25) is 26.6 Å². The molecule has 5 nitrogen and oxygen atoms in total. The number of aryl methyl sites for hydroxylation is 3. The highest BCUT2D eigenvalue weighted by Gasteiger charge is 2.28. The number of hydrogen-bond donors (Lipinski definition) is 1. The van der Waals surface area contributed by atoms with E-state index in [9.17, 15) is 8.42 Å². The van der Waals surface area contributed by atoms with E-state index < -0.39 is 9.84 Å². The van der Waals surface area contributed by atoms with Crippen molar-refractivity contribution in [3.8, 4) is 11.5 Å². The minimum atomic E-state index is -3.87. The molecule has 6 heteroatoms. The fourth-order valence-corrected chi connectivity index (χ4v) is 4.59. The fraction of sp³-hybridized carbons (Fsp3) is 0.160. The number of nitrogens with one attached hydrogen (secondary N) is 1. The van der Waals surface area contributed by atoms with Crippen LogP contribution in [0.3, 0.4) is 0 Å². The first-order valence-electron chi connectivity index (χ1n) is 10.0. The molecule has 0 fully saturated rings. The van der Waals surface area contributed by atoms with Crippen LogP contribution in [0.5, 0.6) is 0 Å². The molecule has 4 rings (SSSR count). The first-order valence-corrected chi connectivity index (χ1v) is 11.5. The standard InChI is InChI=1S/C25H24N2O3S/c1-17-7-11-20(12-8-17)16-26-24-25(31(28,29)22-6-4-5-19(3)15-22)27-23(30-24)21-13-9-18(2)10-14-21/h4-15,26H,16H2,1-3H3. The van der Waals surface area contributed by atoms with Gasteiger partial charge in [0.05, 0.1) is 4.90 Å². The van der Waals surface area contributed by atoms with Crippen molar-refractivity contribution < 1.29 is 12.8 Å². The Bertz CT molecular complexity index is 1310. The summed E-state index contributed by atoms with van der Waals surface area (Å²) in [6.07, 6.45) is 0. The Morgan fingerprint density at radius 2 is 1.48 bits per heavy atom. The zero-order valence-corrected chi connectivity index (χ0v) is 18.5. The van der Waals surface area contributed by atoms with Crippen molar-refractivity contribution in [2.75, 3.05) is 5.32 Å². The second-order valence-electron chi connectivity index (χ2n) is 7.68. The van der Waals surface area contributed by atoms with Gasteiger partial charge in [0.25, 0.3) is 0 Å². The largest absolute Gasteiger partial charge is 0.419 e. The van der Waals surface area contributed by atoms with Crippen molar-refractivity contribution in [2.45, 2.75) is 37.2 Å². The van der Waals surface area contributed by atoms with Gasteiger partial charge in [-0.25, -0.2) is 8.42 Å². The lowest BCUT2D eigenvalue weighted by molar-refractivity contribution is 0.576. The number of nitrogens with zero attached hydrogens (tertiary/aromatic N) is 1. The molecule has 1 N–H and O–H groups in total. The minimum absolute atomic E-state index is 0.110. The van der Waals surface area contributed by atoms with Gasteiger partial charge in [-0.15, -0.1) is 0 Å². The van der Waals surface area contributed by atoms with Gasteiger partial charge in [0.15, 0.2) is 0 Å². The molecule has 0 aliphatic rings. The molecular weight excluding hydrogens is 408 g/mol. The van der Waals surface area contributed by atoms with E-state index in [0.717, 1.165) is 27.8 Å². The van der Waals surface area contributed by atoms with Crippen molar-refractivity contribution in [2.24, 2.45) is 0 Å². The number of sulfone groups is 1. The summed E-state index contributed by atoms with van der Waals surface area (Å²) in [5, 5.41) is 3.02. The lowest BCUT2D eigenvalue weighted by Crippen LogP contribution is -2.07. The van der Waals surface area contributed by atoms with Gasteiger partial charge >= 0.3 is 0 Å². The van der Waals surface area contributed by atoms with Crippen LogP contribution in [0.1, 0.15) is 22.3 Å². The normalized spacial score (nSPS) is 11.5. The van der Waals surface area contributed by atoms with Crippen molar-refractivity contribution in [3.05, 3.63) is 95.1 Å². The summed E-state index contributed by atoms with van der Waals surface area (Å²) in [7, 11) is -3.87. The molecular formula is C25H24N2O3S. The summed E-state index contributed by atoms with van der Waals surface area (Å²) in [5.74, 6) is 0.398. The van der Waals surface area contributed by atoms with E-state index in [-0.39, 0.29) is 21.7 Å². The van der Waals surface area contributed by atoms with E-state index in [0.29, 0.717) is 6.54 Å². The van der Waals surface area contributed by atoms with Gasteiger partial charge in [-0.05, 0) is 56.2 Å². The average Bonchev–Trinajstić information content (AvgIpc) is 3.19. The molecule has 0 spiro atoms. The van der Waals surface area contributed by atoms with Crippen LogP contribution in [0.4, 0.5) is 5.88 Å². The summed E-state index contributed by atoms with van der Waals surface area (Å²) in [5.41, 5.74) is 4.85. The van der Waals surface area contributed by atoms with Crippen molar-refractivity contribution in [1.82, 2.24) is 4.98 Å². The topological polar surface area (TPSA) is 72.2 Å². The summed E-state index contributed by atoms with van der Waals surface area (Å²) in [6.45, 7) is 6.28. The maximum atomic E-state index is 13.4. The average molecular weight is 433 g/mol. The van der Waals surface area contributed by atoms with Gasteiger partial charge in [-0.1, -0.05) is 59.7 Å². The smallest absolute Gasteiger partial charge is 0.234 e. The van der Waals surface area contributed by atoms with Crippen LogP contribution in [-0.4, -0.2) is 13.4 Å². The molecule has 158 valence electrons. The van der Waals surface area contributed by atoms with Crippen LogP contribution in [0.2, 0.25) is 0 Å². The first-order chi connectivity index (χ1) is 14.8. The molecule has 4 aromatic rings. The number of rotatable bonds is 6. The molecule has 0 unspecified atom stereocenters. The van der Waals surface area contributed by atoms with Gasteiger partial charge in [-0.2, -0.15) is 4.98 Å². The van der Waals surface area contributed by atoms with Crippen LogP contribution in [0.25, 0.3) is 11.5 Å². The van der Waals surface area contributed by atoms with Gasteiger partial charge in [-0.3, -0.25) is 0 Å². The molecule has 1 aromatic heterocycles. The Morgan fingerprint density at radius 3 is 2.13 bits per heavy atom. The predicted molar refractivity (Wildman–Crippen MR) is 122 cm³/mol. The molecule has 31 heavy (non-hydrogen) atoms. The number of anilines is 1. The van der Waals surface area contributed by atoms with Crippen molar-refractivity contribution >= 4 is 15.7 Å². The molecule has 1 heterocycles. The number of hydrogen-bond acceptors (Lipinski definition) is 5. The van der Waals surface area contributed by atoms with E-state index >= 15 is 0 Å². The summed E-state index contributed by atoms with van der Waals surface area (Å²) in [6, 6.07) is 22.4. The molecule has 0 aliphatic heterocycles. The van der Waals surface area contributed by atoms with Crippen LogP contribution < -0.4 is 5.32 Å². The Morgan fingerprint density at radius 1 is 0.839 bits per heavy atom. The Labute approximate surface area is 182 Å². The van der Waals surface area contributed by atoms with Crippen LogP contribution in [-0.2, 0) is 16.4 Å². The molecule has 0 saturated carbocycles. The Balaban J connectivity index is 1.76. The minimum Gasteiger partial charge on any atom is -0.419 e. The van der Waals surface area contributed by atoms with Gasteiger partial charge < -0.3 is 9.73 Å². The molecule has 3 aromatic carbocycles. The lowest BCUT2D eigenvalue weighted by Gasteiger charge is -2.07. The van der Waals surface area contributed by atoms with Gasteiger partial charge in [0.1, 0.15) is 0 Å². The highest BCUT2D eigenvalue weighted by molar-refractivity contribution is 7.91. The molecule has 0 radical (unpaired) electrons. The third-order valence-corrected chi connectivity index (χ3v) is 6.68. The maximum absolute atomic E-state index is 13.4. The number of benzene rings is 3. The lowest BCUT2D eigenvalue weighted by atomic mass is 10.1. The van der Waals surface area contributed by atoms with E-state index in [4.69, 9.17) is 4.42 Å². The van der Waals surface area contributed by atoms with Crippen LogP contribution >= 0.6 is 0 Å². The quantitative estimate of drug-likeness (QED) is 0.422. The summed E-state index contributed by atoms with van der Waals surface area (Å²) < 4.78 is 32.7. The van der Waals surface area contributed by atoms with Crippen molar-refractivity contribution in [3.63, 3.8) is 0 Å². The SMILES string of the molecule is Cc1ccc(CNc2oc(-c3ccc(C)cc3)nc2S(=O)(=O)c2cccc(C)c2)cc1. The Kier molecular flexibility index (Phi) is 5.65. The molecule has 0 amide bonds. The summed E-state index contributed by atoms with van der Waals surface area (Å²) >= 11 is 0. The second-order valence-corrected chi connectivity index (χ2v) is 9.54. The molecule has 0 aliphatic carbocycles. The predicted octanol–water partition coefficient (Wildman–Crippen LogP) is 5.71. The van der Waals surface area contributed by atoms with E-state index in [1.807, 2.05) is 75.4 Å². The monoisotopic (exact) mass is 432 g/mol. The molecule has 0 saturated heterocycles. The third kappa shape index (κ3) is 4.54. The van der Waals surface area contributed by atoms with E-state index in [1.54, 1.807) is 18.2 Å². The Hall–Kier alpha value is -3.38. The third-order valence-electron chi connectivity index (χ3n) is 5.02. The summed E-state index contributed by atoms with van der Waals surface area (Å²) in [4.78, 5) is 4.59. The number of oxazole rings is 1. The van der Waals surface area contributed by atoms with Crippen molar-refractivity contribution in [1.29, 1.82) is 0 Å². The van der Waals surface area contributed by atoms with Crippen LogP contribution in [0.15, 0.2) is 87.1 Å². The van der Waals surface area contributed by atoms with E-state index in [1.165, 1.54) is 0 Å². The van der Waals surface area contributed by atoms with E-state index in [2.05, 4.69) is 10.3 Å². The maximum Gasteiger partial charge on any atom is 0.234 e. The van der Waals surface area contributed by atoms with Gasteiger partial charge in [0, 0.05) is 12.1 Å². The zero-order chi connectivity index (χ0) is 22.0. The molecule has 0 atom stereocenters. The highest BCUT2D eigenvalue weighted by Crippen LogP contribution is 2.33. The molecule has 0 bridgehead atoms. The fourth-order valence-electron chi connectivity index (χ4n) is 3.20. The highest BCUT2D eigenvalue weighted by atomic mass is 32.2. The second kappa shape index (κ2) is 8.40. The number of aromatic nitrogens is 1. The van der Waals surface area contributed by atoms with Crippen LogP contribution in [0, 0.1) is 20.8 Å².